The Labute approximate surface area is 120 Å². The predicted octanol–water partition coefficient (Wildman–Crippen LogP) is 2.97. The Hall–Kier alpha value is -2.16. The molecular weight excluding hydrogens is 248 g/mol. The second-order valence-electron chi connectivity index (χ2n) is 5.59. The van der Waals surface area contributed by atoms with E-state index in [0.29, 0.717) is 6.54 Å². The zero-order valence-corrected chi connectivity index (χ0v) is 12.0. The van der Waals surface area contributed by atoms with Crippen molar-refractivity contribution in [1.29, 1.82) is 0 Å². The van der Waals surface area contributed by atoms with Gasteiger partial charge < -0.3 is 5.32 Å². The summed E-state index contributed by atoms with van der Waals surface area (Å²) in [5, 5.41) is 2.98. The van der Waals surface area contributed by atoms with Gasteiger partial charge in [0, 0.05) is 24.4 Å². The van der Waals surface area contributed by atoms with E-state index < -0.39 is 5.41 Å². The van der Waals surface area contributed by atoms with Crippen molar-refractivity contribution in [2.24, 2.45) is 5.41 Å². The van der Waals surface area contributed by atoms with Gasteiger partial charge in [0.25, 0.3) is 0 Å². The maximum absolute atomic E-state index is 12.3. The molecule has 0 fully saturated rings. The molecule has 104 valence electrons. The zero-order valence-electron chi connectivity index (χ0n) is 12.0. The highest BCUT2D eigenvalue weighted by Crippen LogP contribution is 2.22. The Morgan fingerprint density at radius 3 is 2.45 bits per heavy atom. The lowest BCUT2D eigenvalue weighted by molar-refractivity contribution is -0.129. The van der Waals surface area contributed by atoms with Crippen molar-refractivity contribution in [1.82, 2.24) is 10.3 Å². The molecule has 20 heavy (non-hydrogen) atoms. The van der Waals surface area contributed by atoms with E-state index in [1.807, 2.05) is 44.2 Å². The Bertz CT molecular complexity index is 550. The third-order valence-electron chi connectivity index (χ3n) is 3.28. The molecule has 1 aromatic heterocycles. The maximum atomic E-state index is 12.3. The summed E-state index contributed by atoms with van der Waals surface area (Å²) in [4.78, 5) is 16.4. The Kier molecular flexibility index (Phi) is 4.51. The van der Waals surface area contributed by atoms with Crippen molar-refractivity contribution in [2.45, 2.75) is 26.8 Å². The SMILES string of the molecule is CC(C)(Cc1ccccc1)C(=O)NCc1cccnc1. The van der Waals surface area contributed by atoms with Gasteiger partial charge in [-0.05, 0) is 23.6 Å². The summed E-state index contributed by atoms with van der Waals surface area (Å²) in [5.41, 5.74) is 1.76. The summed E-state index contributed by atoms with van der Waals surface area (Å²) in [5.74, 6) is 0.0604. The number of rotatable bonds is 5. The molecule has 1 N–H and O–H groups in total. The molecule has 0 unspecified atom stereocenters. The Morgan fingerprint density at radius 2 is 1.80 bits per heavy atom. The Balaban J connectivity index is 1.93. The van der Waals surface area contributed by atoms with Crippen LogP contribution in [-0.2, 0) is 17.8 Å². The second-order valence-corrected chi connectivity index (χ2v) is 5.59. The Morgan fingerprint density at radius 1 is 1.10 bits per heavy atom. The van der Waals surface area contributed by atoms with Crippen LogP contribution in [0.5, 0.6) is 0 Å². The van der Waals surface area contributed by atoms with Crippen molar-refractivity contribution in [3.8, 4) is 0 Å². The number of hydrogen-bond donors (Lipinski definition) is 1. The minimum absolute atomic E-state index is 0.0604. The molecule has 3 heteroatoms. The van der Waals surface area contributed by atoms with Crippen LogP contribution in [0, 0.1) is 5.41 Å². The van der Waals surface area contributed by atoms with Crippen molar-refractivity contribution in [3.63, 3.8) is 0 Å². The molecule has 1 aromatic carbocycles. The zero-order chi connectivity index (χ0) is 14.4. The highest BCUT2D eigenvalue weighted by atomic mass is 16.2. The normalized spacial score (nSPS) is 11.1. The molecule has 0 aliphatic rings. The van der Waals surface area contributed by atoms with Crippen LogP contribution in [0.25, 0.3) is 0 Å². The lowest BCUT2D eigenvalue weighted by atomic mass is 9.85. The highest BCUT2D eigenvalue weighted by molar-refractivity contribution is 5.82. The minimum atomic E-state index is -0.427. The van der Waals surface area contributed by atoms with Gasteiger partial charge in [-0.3, -0.25) is 9.78 Å². The highest BCUT2D eigenvalue weighted by Gasteiger charge is 2.27. The standard InChI is InChI=1S/C17H20N2O/c1-17(2,11-14-7-4-3-5-8-14)16(20)19-13-15-9-6-10-18-12-15/h3-10,12H,11,13H2,1-2H3,(H,19,20). The number of amides is 1. The van der Waals surface area contributed by atoms with Gasteiger partial charge in [0.2, 0.25) is 5.91 Å². The molecule has 0 atom stereocenters. The van der Waals surface area contributed by atoms with Gasteiger partial charge in [0.05, 0.1) is 0 Å². The summed E-state index contributed by atoms with van der Waals surface area (Å²) >= 11 is 0. The molecule has 0 bridgehead atoms. The smallest absolute Gasteiger partial charge is 0.226 e. The van der Waals surface area contributed by atoms with Gasteiger partial charge in [0.15, 0.2) is 0 Å². The van der Waals surface area contributed by atoms with E-state index in [0.717, 1.165) is 12.0 Å². The molecule has 0 spiro atoms. The fourth-order valence-electron chi connectivity index (χ4n) is 2.11. The maximum Gasteiger partial charge on any atom is 0.226 e. The topological polar surface area (TPSA) is 42.0 Å². The number of nitrogens with zero attached hydrogens (tertiary/aromatic N) is 1. The van der Waals surface area contributed by atoms with E-state index in [-0.39, 0.29) is 5.91 Å². The summed E-state index contributed by atoms with van der Waals surface area (Å²) in [6.45, 7) is 4.46. The van der Waals surface area contributed by atoms with E-state index >= 15 is 0 Å². The molecular formula is C17H20N2O. The molecule has 0 radical (unpaired) electrons. The third kappa shape index (κ3) is 3.92. The van der Waals surface area contributed by atoms with Crippen molar-refractivity contribution < 1.29 is 4.79 Å². The lowest BCUT2D eigenvalue weighted by Crippen LogP contribution is -2.38. The van der Waals surface area contributed by atoms with Crippen LogP contribution in [0.15, 0.2) is 54.9 Å². The van der Waals surface area contributed by atoms with Crippen LogP contribution in [0.3, 0.4) is 0 Å². The van der Waals surface area contributed by atoms with E-state index in [9.17, 15) is 4.79 Å². The first-order valence-electron chi connectivity index (χ1n) is 6.79. The fourth-order valence-corrected chi connectivity index (χ4v) is 2.11. The molecule has 1 amide bonds. The van der Waals surface area contributed by atoms with E-state index in [2.05, 4.69) is 22.4 Å². The molecule has 0 saturated carbocycles. The number of hydrogen-bond acceptors (Lipinski definition) is 2. The van der Waals surface area contributed by atoms with Gasteiger partial charge in [-0.1, -0.05) is 50.2 Å². The number of aromatic nitrogens is 1. The van der Waals surface area contributed by atoms with Gasteiger partial charge in [-0.15, -0.1) is 0 Å². The van der Waals surface area contributed by atoms with Crippen LogP contribution < -0.4 is 5.32 Å². The number of pyridine rings is 1. The van der Waals surface area contributed by atoms with E-state index in [4.69, 9.17) is 0 Å². The number of carbonyl (C=O) groups excluding carboxylic acids is 1. The van der Waals surface area contributed by atoms with Crippen LogP contribution in [0.2, 0.25) is 0 Å². The number of carbonyl (C=O) groups is 1. The van der Waals surface area contributed by atoms with Gasteiger partial charge in [0.1, 0.15) is 0 Å². The van der Waals surface area contributed by atoms with Crippen LogP contribution in [0.4, 0.5) is 0 Å². The molecule has 1 heterocycles. The van der Waals surface area contributed by atoms with Crippen LogP contribution in [0.1, 0.15) is 25.0 Å². The average Bonchev–Trinajstić information content (AvgIpc) is 2.46. The van der Waals surface area contributed by atoms with Crippen molar-refractivity contribution >= 4 is 5.91 Å². The predicted molar refractivity (Wildman–Crippen MR) is 80.0 cm³/mol. The summed E-state index contributed by atoms with van der Waals surface area (Å²) < 4.78 is 0. The van der Waals surface area contributed by atoms with Gasteiger partial charge in [-0.2, -0.15) is 0 Å². The monoisotopic (exact) mass is 268 g/mol. The molecule has 0 saturated heterocycles. The quantitative estimate of drug-likeness (QED) is 0.906. The molecule has 0 aliphatic heterocycles. The summed E-state index contributed by atoms with van der Waals surface area (Å²) in [7, 11) is 0. The largest absolute Gasteiger partial charge is 0.351 e. The molecule has 3 nitrogen and oxygen atoms in total. The molecule has 0 aliphatic carbocycles. The molecule has 2 rings (SSSR count). The fraction of sp³-hybridized carbons (Fsp3) is 0.294. The number of nitrogens with one attached hydrogen (secondary N) is 1. The number of benzene rings is 1. The summed E-state index contributed by atoms with van der Waals surface area (Å²) in [6, 6.07) is 13.9. The van der Waals surface area contributed by atoms with Gasteiger partial charge >= 0.3 is 0 Å². The van der Waals surface area contributed by atoms with Crippen molar-refractivity contribution in [3.05, 3.63) is 66.0 Å². The minimum Gasteiger partial charge on any atom is -0.351 e. The summed E-state index contributed by atoms with van der Waals surface area (Å²) in [6.07, 6.45) is 4.22. The third-order valence-corrected chi connectivity index (χ3v) is 3.28. The molecule has 2 aromatic rings. The first-order valence-corrected chi connectivity index (χ1v) is 6.79. The average molecular weight is 268 g/mol. The first kappa shape index (κ1) is 14.3. The van der Waals surface area contributed by atoms with Crippen molar-refractivity contribution in [2.75, 3.05) is 0 Å². The van der Waals surface area contributed by atoms with E-state index in [1.165, 1.54) is 5.56 Å². The van der Waals surface area contributed by atoms with E-state index in [1.54, 1.807) is 12.4 Å². The van der Waals surface area contributed by atoms with Crippen LogP contribution >= 0.6 is 0 Å². The van der Waals surface area contributed by atoms with Gasteiger partial charge in [-0.25, -0.2) is 0 Å². The lowest BCUT2D eigenvalue weighted by Gasteiger charge is -2.23. The second kappa shape index (κ2) is 6.33. The first-order chi connectivity index (χ1) is 9.58. The van der Waals surface area contributed by atoms with Crippen LogP contribution in [-0.4, -0.2) is 10.9 Å².